The van der Waals surface area contributed by atoms with Crippen molar-refractivity contribution in [1.29, 1.82) is 0 Å². The van der Waals surface area contributed by atoms with Crippen LogP contribution in [0.15, 0.2) is 61.2 Å². The molecule has 268 valence electrons. The van der Waals surface area contributed by atoms with Gasteiger partial charge < -0.3 is 0 Å². The zero-order chi connectivity index (χ0) is 36.4. The molecule has 2 aliphatic rings. The molecule has 1 aliphatic carbocycles. The molecule has 1 fully saturated rings. The van der Waals surface area contributed by atoms with Gasteiger partial charge in [0.05, 0.1) is 0 Å². The number of esters is 5. The van der Waals surface area contributed by atoms with Crippen molar-refractivity contribution in [3.05, 3.63) is 72.3 Å². The predicted molar refractivity (Wildman–Crippen MR) is 176 cm³/mol. The summed E-state index contributed by atoms with van der Waals surface area (Å²) in [5.74, 6) is -3.94. The number of alkyl carbamates (subject to hydrolysis) is 1. The summed E-state index contributed by atoms with van der Waals surface area (Å²) >= 11 is -0.831. The number of hydrogen-bond donors (Lipinski definition) is 1. The Labute approximate surface area is 295 Å². The van der Waals surface area contributed by atoms with E-state index in [0.717, 1.165) is 43.0 Å². The Kier molecular flexibility index (Phi) is 13.6. The second-order valence-corrected chi connectivity index (χ2v) is 13.7. The molecule has 1 amide bonds. The van der Waals surface area contributed by atoms with Crippen molar-refractivity contribution < 1.29 is 61.9 Å². The van der Waals surface area contributed by atoms with Crippen LogP contribution in [0.5, 0.6) is 0 Å². The van der Waals surface area contributed by atoms with Crippen LogP contribution in [0, 0.1) is 0 Å². The molecule has 0 unspecified atom stereocenters. The first-order chi connectivity index (χ1) is 23.9. The Morgan fingerprint density at radius 1 is 0.760 bits per heavy atom. The van der Waals surface area contributed by atoms with Gasteiger partial charge in [-0.3, -0.25) is 0 Å². The molecule has 0 bridgehead atoms. The van der Waals surface area contributed by atoms with E-state index < -0.39 is 93.0 Å². The fourth-order valence-corrected chi connectivity index (χ4v) is 8.27. The van der Waals surface area contributed by atoms with Crippen molar-refractivity contribution in [2.45, 2.75) is 74.4 Å². The third-order valence-electron chi connectivity index (χ3n) is 7.64. The van der Waals surface area contributed by atoms with E-state index in [-0.39, 0.29) is 24.5 Å². The molecular weight excluding hydrogens is 721 g/mol. The molecule has 15 heteroatoms. The van der Waals surface area contributed by atoms with Gasteiger partial charge in [-0.2, -0.15) is 0 Å². The zero-order valence-electron chi connectivity index (χ0n) is 28.0. The summed E-state index contributed by atoms with van der Waals surface area (Å²) in [4.78, 5) is 74.4. The van der Waals surface area contributed by atoms with Crippen molar-refractivity contribution in [1.82, 2.24) is 5.32 Å². The minimum atomic E-state index is -1.36. The molecule has 6 atom stereocenters. The van der Waals surface area contributed by atoms with Gasteiger partial charge in [0.1, 0.15) is 0 Å². The summed E-state index contributed by atoms with van der Waals surface area (Å²) < 4.78 is 38.6. The van der Waals surface area contributed by atoms with Gasteiger partial charge >= 0.3 is 296 Å². The quantitative estimate of drug-likeness (QED) is 0.129. The standard InChI is InChI=1S/C35H39NO13Se/c1-6-15-43-33(41)28(36-35(42)45-16-27-25-13-9-7-11-23(25)24-12-8-10-14-26(24)27)18-50-34-32(48-22(5)40)31(47-21(4)39)30(46-20(3)38)29(49-34)17-44-19(2)37/h6-14,27-32,34H,1,15-18H2,2-5H3,(H,36,42)/t28-,29+,30-,31-,32+,34+/m0/s1. The van der Waals surface area contributed by atoms with E-state index >= 15 is 0 Å². The third kappa shape index (κ3) is 9.93. The van der Waals surface area contributed by atoms with Gasteiger partial charge in [0.15, 0.2) is 0 Å². The van der Waals surface area contributed by atoms with Crippen LogP contribution in [-0.4, -0.2) is 106 Å². The van der Waals surface area contributed by atoms with E-state index in [1.807, 2.05) is 48.5 Å². The third-order valence-corrected chi connectivity index (χ3v) is 10.2. The molecule has 0 radical (unpaired) electrons. The summed E-state index contributed by atoms with van der Waals surface area (Å²) in [5.41, 5.74) is 4.12. The number of fused-ring (bicyclic) bond motifs is 3. The first kappa shape index (κ1) is 38.1. The number of carbonyl (C=O) groups is 6. The number of ether oxygens (including phenoxy) is 7. The minimum absolute atomic E-state index is 0.000872. The molecule has 1 heterocycles. The van der Waals surface area contributed by atoms with Crippen molar-refractivity contribution in [2.24, 2.45) is 0 Å². The van der Waals surface area contributed by atoms with E-state index in [4.69, 9.17) is 33.2 Å². The van der Waals surface area contributed by atoms with Gasteiger partial charge in [-0.15, -0.1) is 0 Å². The second kappa shape index (κ2) is 17.8. The number of rotatable bonds is 14. The number of amides is 1. The summed E-state index contributed by atoms with van der Waals surface area (Å²) in [5, 5.41) is 1.47. The number of carbonyl (C=O) groups excluding carboxylic acids is 6. The summed E-state index contributed by atoms with van der Waals surface area (Å²) in [6, 6.07) is 14.5. The average Bonchev–Trinajstić information content (AvgIpc) is 3.38. The van der Waals surface area contributed by atoms with Crippen molar-refractivity contribution >= 4 is 50.9 Å². The van der Waals surface area contributed by atoms with Crippen molar-refractivity contribution in [3.8, 4) is 11.1 Å². The van der Waals surface area contributed by atoms with Crippen LogP contribution in [0.25, 0.3) is 11.1 Å². The van der Waals surface area contributed by atoms with Crippen LogP contribution >= 0.6 is 0 Å². The molecule has 50 heavy (non-hydrogen) atoms. The van der Waals surface area contributed by atoms with E-state index in [0.29, 0.717) is 0 Å². The van der Waals surface area contributed by atoms with E-state index in [1.54, 1.807) is 0 Å². The number of nitrogens with one attached hydrogen (secondary N) is 1. The molecule has 14 nitrogen and oxygen atoms in total. The van der Waals surface area contributed by atoms with Gasteiger partial charge in [-0.1, -0.05) is 0 Å². The Morgan fingerprint density at radius 2 is 1.32 bits per heavy atom. The zero-order valence-corrected chi connectivity index (χ0v) is 29.7. The number of benzene rings is 2. The van der Waals surface area contributed by atoms with E-state index in [1.165, 1.54) is 13.0 Å². The first-order valence-corrected chi connectivity index (χ1v) is 17.9. The normalized spacial score (nSPS) is 21.3. The molecule has 0 saturated carbocycles. The Bertz CT molecular complexity index is 1550. The fourth-order valence-electron chi connectivity index (χ4n) is 5.71. The van der Waals surface area contributed by atoms with Gasteiger partial charge in [0.2, 0.25) is 0 Å². The van der Waals surface area contributed by atoms with Gasteiger partial charge in [0, 0.05) is 0 Å². The van der Waals surface area contributed by atoms with Crippen LogP contribution in [0.4, 0.5) is 4.79 Å². The topological polar surface area (TPSA) is 179 Å². The van der Waals surface area contributed by atoms with Crippen LogP contribution in [0.2, 0.25) is 5.32 Å². The van der Waals surface area contributed by atoms with Crippen molar-refractivity contribution in [2.75, 3.05) is 19.8 Å². The molecule has 1 N–H and O–H groups in total. The summed E-state index contributed by atoms with van der Waals surface area (Å²) in [7, 11) is 0. The average molecular weight is 761 g/mol. The van der Waals surface area contributed by atoms with Crippen LogP contribution in [-0.2, 0) is 57.1 Å². The first-order valence-electron chi connectivity index (χ1n) is 15.7. The van der Waals surface area contributed by atoms with E-state index in [2.05, 4.69) is 11.9 Å². The van der Waals surface area contributed by atoms with Crippen LogP contribution < -0.4 is 5.32 Å². The van der Waals surface area contributed by atoms with E-state index in [9.17, 15) is 28.8 Å². The molecule has 2 aromatic carbocycles. The fraction of sp³-hybridized carbons (Fsp3) is 0.429. The SMILES string of the molecule is C=CCOC(=O)[C@H](C[Se][C@H]1O[C@H](COC(C)=O)[C@H](OC(C)=O)[C@H](OC(C)=O)[C@H]1OC(C)=O)NC(=O)OCC1c2ccccc2-c2ccccc21. The molecule has 2 aromatic rings. The summed E-state index contributed by atoms with van der Waals surface area (Å²) in [6.45, 7) is 7.57. The molecule has 4 rings (SSSR count). The number of hydrogen-bond acceptors (Lipinski definition) is 13. The van der Waals surface area contributed by atoms with Gasteiger partial charge in [-0.25, -0.2) is 0 Å². The maximum absolute atomic E-state index is 13.2. The maximum atomic E-state index is 13.2. The monoisotopic (exact) mass is 761 g/mol. The molecular formula is C35H39NO13Se. The summed E-state index contributed by atoms with van der Waals surface area (Å²) in [6.07, 6.45) is -4.62. The molecule has 1 aliphatic heterocycles. The van der Waals surface area contributed by atoms with Crippen LogP contribution in [0.1, 0.15) is 44.7 Å². The van der Waals surface area contributed by atoms with Gasteiger partial charge in [0.25, 0.3) is 0 Å². The van der Waals surface area contributed by atoms with Gasteiger partial charge in [-0.05, 0) is 0 Å². The molecule has 0 spiro atoms. The Morgan fingerprint density at radius 3 is 1.88 bits per heavy atom. The van der Waals surface area contributed by atoms with Crippen molar-refractivity contribution in [3.63, 3.8) is 0 Å². The second-order valence-electron chi connectivity index (χ2n) is 11.3. The van der Waals surface area contributed by atoms with Crippen LogP contribution in [0.3, 0.4) is 0 Å². The Hall–Kier alpha value is -4.72. The molecule has 0 aromatic heterocycles. The Balaban J connectivity index is 1.53. The predicted octanol–water partition coefficient (Wildman–Crippen LogP) is 2.83. The molecule has 1 saturated heterocycles.